The van der Waals surface area contributed by atoms with Crippen LogP contribution in [0.2, 0.25) is 0 Å². The van der Waals surface area contributed by atoms with Crippen molar-refractivity contribution in [2.24, 2.45) is 10.8 Å². The molecule has 1 heterocycles. The molecule has 3 heteroatoms. The van der Waals surface area contributed by atoms with Crippen molar-refractivity contribution in [3.8, 4) is 0 Å². The predicted molar refractivity (Wildman–Crippen MR) is 120 cm³/mol. The summed E-state index contributed by atoms with van der Waals surface area (Å²) >= 11 is 0. The molecule has 0 unspecified atom stereocenters. The SMILES string of the molecule is CCC(=O)N(C)[C@H]1CCC2(CCN(CCC(C)(C)C)CC2)C2=C1C=CCC=C2.[HH]. The summed E-state index contributed by atoms with van der Waals surface area (Å²) in [6, 6.07) is 0.242. The molecular formula is C25H42N2O. The molecule has 1 atom stereocenters. The Kier molecular flexibility index (Phi) is 6.54. The van der Waals surface area contributed by atoms with E-state index in [1.54, 1.807) is 0 Å². The number of piperidine rings is 1. The Morgan fingerprint density at radius 1 is 1.21 bits per heavy atom. The zero-order chi connectivity index (χ0) is 20.4. The standard InChI is InChI=1S/C25H40N2O.H2/c1-6-23(28)26(5)22-12-13-25(21-11-9-7-8-10-20(21)22)15-18-27(19-16-25)17-14-24(2,3)4;/h8-11,22H,6-7,12-19H2,1-5H3;1H/t22-;/m0./s1. The van der Waals surface area contributed by atoms with Crippen LogP contribution in [-0.2, 0) is 4.79 Å². The molecule has 0 saturated carbocycles. The molecule has 0 radical (unpaired) electrons. The molecule has 3 rings (SSSR count). The van der Waals surface area contributed by atoms with Gasteiger partial charge in [0.1, 0.15) is 0 Å². The smallest absolute Gasteiger partial charge is 0.222 e. The van der Waals surface area contributed by atoms with Crippen LogP contribution < -0.4 is 0 Å². The van der Waals surface area contributed by atoms with Crippen LogP contribution in [0.4, 0.5) is 0 Å². The molecule has 158 valence electrons. The van der Waals surface area contributed by atoms with Crippen molar-refractivity contribution in [2.45, 2.75) is 78.7 Å². The zero-order valence-electron chi connectivity index (χ0n) is 18.8. The van der Waals surface area contributed by atoms with Gasteiger partial charge in [-0.3, -0.25) is 4.79 Å². The monoisotopic (exact) mass is 386 g/mol. The Morgan fingerprint density at radius 2 is 1.89 bits per heavy atom. The van der Waals surface area contributed by atoms with Crippen molar-refractivity contribution < 1.29 is 6.22 Å². The summed E-state index contributed by atoms with van der Waals surface area (Å²) in [6.45, 7) is 12.6. The van der Waals surface area contributed by atoms with Crippen molar-refractivity contribution >= 4 is 5.91 Å². The summed E-state index contributed by atoms with van der Waals surface area (Å²) in [5.74, 6) is 0.256. The number of amides is 1. The summed E-state index contributed by atoms with van der Waals surface area (Å²) in [5.41, 5.74) is 3.66. The molecule has 1 amide bonds. The van der Waals surface area contributed by atoms with E-state index in [4.69, 9.17) is 0 Å². The van der Waals surface area contributed by atoms with Crippen LogP contribution in [0.5, 0.6) is 0 Å². The number of carbonyl (C=O) groups is 1. The van der Waals surface area contributed by atoms with Crippen LogP contribution in [0.15, 0.2) is 35.5 Å². The topological polar surface area (TPSA) is 23.6 Å². The minimum Gasteiger partial charge on any atom is -0.339 e. The molecule has 0 N–H and O–H groups in total. The second-order valence-electron chi connectivity index (χ2n) is 10.3. The lowest BCUT2D eigenvalue weighted by molar-refractivity contribution is -0.131. The molecule has 3 aliphatic rings. The third-order valence-electron chi connectivity index (χ3n) is 7.15. The maximum Gasteiger partial charge on any atom is 0.222 e. The highest BCUT2D eigenvalue weighted by Crippen LogP contribution is 2.50. The van der Waals surface area contributed by atoms with Gasteiger partial charge in [-0.1, -0.05) is 52.0 Å². The highest BCUT2D eigenvalue weighted by atomic mass is 16.2. The summed E-state index contributed by atoms with van der Waals surface area (Å²) in [6.07, 6.45) is 17.0. The maximum atomic E-state index is 12.4. The van der Waals surface area contributed by atoms with Crippen molar-refractivity contribution in [3.63, 3.8) is 0 Å². The van der Waals surface area contributed by atoms with Crippen molar-refractivity contribution in [1.82, 2.24) is 9.80 Å². The van der Waals surface area contributed by atoms with Gasteiger partial charge in [0.2, 0.25) is 5.91 Å². The van der Waals surface area contributed by atoms with Crippen LogP contribution in [-0.4, -0.2) is 48.4 Å². The van der Waals surface area contributed by atoms with Crippen molar-refractivity contribution in [3.05, 3.63) is 35.5 Å². The quantitative estimate of drug-likeness (QED) is 0.628. The summed E-state index contributed by atoms with van der Waals surface area (Å²) < 4.78 is 0. The number of likely N-dealkylation sites (tertiary alicyclic amines) is 1. The molecule has 1 spiro atoms. The molecule has 3 nitrogen and oxygen atoms in total. The molecular weight excluding hydrogens is 344 g/mol. The molecule has 1 aliphatic heterocycles. The van der Waals surface area contributed by atoms with Gasteiger partial charge >= 0.3 is 0 Å². The average Bonchev–Trinajstić information content (AvgIpc) is 2.93. The highest BCUT2D eigenvalue weighted by Gasteiger charge is 2.43. The van der Waals surface area contributed by atoms with Crippen molar-refractivity contribution in [1.29, 1.82) is 0 Å². The third kappa shape index (κ3) is 4.62. The van der Waals surface area contributed by atoms with Gasteiger partial charge in [0, 0.05) is 14.9 Å². The Bertz CT molecular complexity index is 663. The second-order valence-corrected chi connectivity index (χ2v) is 10.3. The zero-order valence-corrected chi connectivity index (χ0v) is 18.8. The number of hydrogen-bond acceptors (Lipinski definition) is 2. The van der Waals surface area contributed by atoms with E-state index in [1.807, 2.05) is 18.9 Å². The van der Waals surface area contributed by atoms with E-state index in [9.17, 15) is 4.79 Å². The fourth-order valence-electron chi connectivity index (χ4n) is 5.17. The number of carbonyl (C=O) groups excluding carboxylic acids is 1. The van der Waals surface area contributed by atoms with Crippen LogP contribution in [0.25, 0.3) is 0 Å². The molecule has 0 aromatic carbocycles. The van der Waals surface area contributed by atoms with Crippen LogP contribution >= 0.6 is 0 Å². The lowest BCUT2D eigenvalue weighted by atomic mass is 9.63. The van der Waals surface area contributed by atoms with E-state index in [0.29, 0.717) is 17.3 Å². The van der Waals surface area contributed by atoms with Crippen LogP contribution in [0.3, 0.4) is 0 Å². The molecule has 1 fully saturated rings. The summed E-state index contributed by atoms with van der Waals surface area (Å²) in [5, 5.41) is 0. The van der Waals surface area contributed by atoms with E-state index >= 15 is 0 Å². The molecule has 0 aromatic rings. The molecule has 1 saturated heterocycles. The highest BCUT2D eigenvalue weighted by molar-refractivity contribution is 5.76. The fourth-order valence-corrected chi connectivity index (χ4v) is 5.17. The van der Waals surface area contributed by atoms with Gasteiger partial charge in [0.15, 0.2) is 0 Å². The first kappa shape index (κ1) is 21.4. The van der Waals surface area contributed by atoms with Gasteiger partial charge in [-0.05, 0) is 80.1 Å². The van der Waals surface area contributed by atoms with E-state index in [2.05, 4.69) is 50.0 Å². The van der Waals surface area contributed by atoms with Crippen LogP contribution in [0, 0.1) is 10.8 Å². The van der Waals surface area contributed by atoms with E-state index < -0.39 is 0 Å². The first-order valence-corrected chi connectivity index (χ1v) is 11.3. The second kappa shape index (κ2) is 8.57. The number of likely N-dealkylation sites (N-methyl/N-ethyl adjacent to an activating group) is 1. The molecule has 0 bridgehead atoms. The minimum atomic E-state index is 0. The first-order valence-electron chi connectivity index (χ1n) is 11.3. The van der Waals surface area contributed by atoms with E-state index in [-0.39, 0.29) is 13.4 Å². The number of fused-ring (bicyclic) bond motifs is 1. The summed E-state index contributed by atoms with van der Waals surface area (Å²) in [7, 11) is 2.00. The van der Waals surface area contributed by atoms with Crippen molar-refractivity contribution in [2.75, 3.05) is 26.7 Å². The van der Waals surface area contributed by atoms with Gasteiger partial charge < -0.3 is 9.80 Å². The number of hydrogen-bond donors (Lipinski definition) is 0. The first-order chi connectivity index (χ1) is 13.3. The van der Waals surface area contributed by atoms with Gasteiger partial charge in [-0.25, -0.2) is 0 Å². The Hall–Kier alpha value is -1.35. The Morgan fingerprint density at radius 3 is 2.54 bits per heavy atom. The fraction of sp³-hybridized carbons (Fsp3) is 0.720. The van der Waals surface area contributed by atoms with E-state index in [0.717, 1.165) is 12.8 Å². The number of rotatable bonds is 4. The summed E-state index contributed by atoms with van der Waals surface area (Å²) in [4.78, 5) is 17.1. The van der Waals surface area contributed by atoms with Crippen LogP contribution in [0.1, 0.15) is 74.1 Å². The lowest BCUT2D eigenvalue weighted by Crippen LogP contribution is -2.47. The average molecular weight is 387 g/mol. The minimum absolute atomic E-state index is 0. The Balaban J connectivity index is 0.00000300. The predicted octanol–water partition coefficient (Wildman–Crippen LogP) is 5.59. The van der Waals surface area contributed by atoms with Gasteiger partial charge in [0.25, 0.3) is 0 Å². The molecule has 0 aromatic heterocycles. The Labute approximate surface area is 174 Å². The number of nitrogens with zero attached hydrogens (tertiary/aromatic N) is 2. The van der Waals surface area contributed by atoms with Gasteiger partial charge in [-0.2, -0.15) is 0 Å². The molecule has 28 heavy (non-hydrogen) atoms. The van der Waals surface area contributed by atoms with Gasteiger partial charge in [0.05, 0.1) is 6.04 Å². The third-order valence-corrected chi connectivity index (χ3v) is 7.15. The van der Waals surface area contributed by atoms with Gasteiger partial charge in [-0.15, -0.1) is 0 Å². The lowest BCUT2D eigenvalue weighted by Gasteiger charge is -2.49. The number of allylic oxidation sites excluding steroid dienone is 4. The normalized spacial score (nSPS) is 25.0. The van der Waals surface area contributed by atoms with E-state index in [1.165, 1.54) is 56.5 Å². The largest absolute Gasteiger partial charge is 0.339 e. The maximum absolute atomic E-state index is 12.4. The molecule has 2 aliphatic carbocycles.